The van der Waals surface area contributed by atoms with Crippen molar-refractivity contribution in [3.63, 3.8) is 0 Å². The topological polar surface area (TPSA) is 21.3 Å². The van der Waals surface area contributed by atoms with E-state index in [0.29, 0.717) is 6.04 Å². The molecule has 160 valence electrons. The Morgan fingerprint density at radius 2 is 1.34 bits per heavy atom. The summed E-state index contributed by atoms with van der Waals surface area (Å²) in [6.45, 7) is 4.54. The molecule has 1 atom stereocenters. The number of anilines is 1. The third-order valence-corrected chi connectivity index (χ3v) is 5.79. The summed E-state index contributed by atoms with van der Waals surface area (Å²) in [5.41, 5.74) is 4.03. The summed E-state index contributed by atoms with van der Waals surface area (Å²) < 4.78 is 5.25. The predicted octanol–water partition coefficient (Wildman–Crippen LogP) is 8.33. The van der Waals surface area contributed by atoms with E-state index in [1.165, 1.54) is 81.8 Å². The Balaban J connectivity index is 1.72. The van der Waals surface area contributed by atoms with Crippen molar-refractivity contribution in [2.24, 2.45) is 0 Å². The highest BCUT2D eigenvalue weighted by atomic mass is 16.5. The van der Waals surface area contributed by atoms with Crippen LogP contribution in [0.3, 0.4) is 0 Å². The fourth-order valence-electron chi connectivity index (χ4n) is 4.00. The molecule has 0 spiro atoms. The van der Waals surface area contributed by atoms with Crippen molar-refractivity contribution in [3.05, 3.63) is 59.7 Å². The average Bonchev–Trinajstić information content (AvgIpc) is 2.76. The van der Waals surface area contributed by atoms with Gasteiger partial charge in [0.1, 0.15) is 5.75 Å². The summed E-state index contributed by atoms with van der Waals surface area (Å²) in [7, 11) is 1.70. The van der Waals surface area contributed by atoms with Crippen LogP contribution in [0.25, 0.3) is 0 Å². The molecule has 2 aromatic rings. The largest absolute Gasteiger partial charge is 0.497 e. The fourth-order valence-corrected chi connectivity index (χ4v) is 4.00. The van der Waals surface area contributed by atoms with Crippen molar-refractivity contribution in [3.8, 4) is 5.75 Å². The Morgan fingerprint density at radius 1 is 0.759 bits per heavy atom. The number of rotatable bonds is 15. The highest BCUT2D eigenvalue weighted by Crippen LogP contribution is 2.25. The van der Waals surface area contributed by atoms with Gasteiger partial charge < -0.3 is 10.1 Å². The van der Waals surface area contributed by atoms with Gasteiger partial charge in [-0.05, 0) is 55.2 Å². The van der Waals surface area contributed by atoms with Crippen LogP contribution in [-0.4, -0.2) is 7.11 Å². The van der Waals surface area contributed by atoms with Crippen molar-refractivity contribution in [2.75, 3.05) is 12.4 Å². The zero-order valence-electron chi connectivity index (χ0n) is 18.9. The number of hydrogen-bond donors (Lipinski definition) is 1. The second kappa shape index (κ2) is 14.1. The molecule has 0 aliphatic heterocycles. The molecular weight excluding hydrogens is 354 g/mol. The quantitative estimate of drug-likeness (QED) is 0.306. The molecule has 0 aliphatic rings. The van der Waals surface area contributed by atoms with E-state index < -0.39 is 0 Å². The second-order valence-corrected chi connectivity index (χ2v) is 8.23. The zero-order chi connectivity index (χ0) is 20.7. The van der Waals surface area contributed by atoms with E-state index in [9.17, 15) is 0 Å². The lowest BCUT2D eigenvalue weighted by Gasteiger charge is -2.19. The van der Waals surface area contributed by atoms with Gasteiger partial charge in [-0.15, -0.1) is 0 Å². The molecular formula is C27H41NO. The van der Waals surface area contributed by atoms with E-state index in [-0.39, 0.29) is 0 Å². The molecule has 0 saturated heterocycles. The van der Waals surface area contributed by atoms with E-state index in [4.69, 9.17) is 4.74 Å². The Hall–Kier alpha value is -1.96. The number of benzene rings is 2. The van der Waals surface area contributed by atoms with E-state index in [0.717, 1.165) is 11.4 Å². The molecule has 0 amide bonds. The van der Waals surface area contributed by atoms with Gasteiger partial charge in [-0.3, -0.25) is 0 Å². The van der Waals surface area contributed by atoms with Gasteiger partial charge in [0.25, 0.3) is 0 Å². The minimum absolute atomic E-state index is 0.294. The Bertz CT molecular complexity index is 664. The van der Waals surface area contributed by atoms with Gasteiger partial charge in [-0.2, -0.15) is 0 Å². The van der Waals surface area contributed by atoms with Crippen LogP contribution >= 0.6 is 0 Å². The number of unbranched alkanes of at least 4 members (excludes halogenated alkanes) is 9. The number of ether oxygens (including phenoxy) is 1. The highest BCUT2D eigenvalue weighted by molar-refractivity contribution is 5.48. The first-order valence-electron chi connectivity index (χ1n) is 11.7. The van der Waals surface area contributed by atoms with Gasteiger partial charge in [0.2, 0.25) is 0 Å². The van der Waals surface area contributed by atoms with Crippen LogP contribution in [-0.2, 0) is 6.42 Å². The molecule has 0 saturated carbocycles. The first kappa shape index (κ1) is 23.3. The van der Waals surface area contributed by atoms with Crippen LogP contribution in [0, 0.1) is 0 Å². The summed E-state index contributed by atoms with van der Waals surface area (Å²) in [4.78, 5) is 0. The third kappa shape index (κ3) is 8.94. The molecule has 2 rings (SSSR count). The van der Waals surface area contributed by atoms with Crippen LogP contribution in [0.4, 0.5) is 5.69 Å². The first-order valence-corrected chi connectivity index (χ1v) is 11.7. The van der Waals surface area contributed by atoms with Gasteiger partial charge in [-0.25, -0.2) is 0 Å². The minimum Gasteiger partial charge on any atom is -0.497 e. The van der Waals surface area contributed by atoms with Crippen molar-refractivity contribution >= 4 is 5.69 Å². The Kier molecular flexibility index (Phi) is 11.3. The van der Waals surface area contributed by atoms with Crippen LogP contribution < -0.4 is 10.1 Å². The molecule has 0 radical (unpaired) electrons. The van der Waals surface area contributed by atoms with Crippen LogP contribution in [0.2, 0.25) is 0 Å². The SMILES string of the molecule is CCCCCCCCCCCCc1ccccc1C(C)Nc1ccc(OC)cc1. The maximum Gasteiger partial charge on any atom is 0.119 e. The Morgan fingerprint density at radius 3 is 1.97 bits per heavy atom. The second-order valence-electron chi connectivity index (χ2n) is 8.23. The van der Waals surface area contributed by atoms with Crippen LogP contribution in [0.5, 0.6) is 5.75 Å². The molecule has 0 aliphatic carbocycles. The van der Waals surface area contributed by atoms with Crippen molar-refractivity contribution in [1.29, 1.82) is 0 Å². The van der Waals surface area contributed by atoms with Gasteiger partial charge in [0, 0.05) is 11.7 Å². The monoisotopic (exact) mass is 395 g/mol. The zero-order valence-corrected chi connectivity index (χ0v) is 18.9. The Labute approximate surface area is 179 Å². The standard InChI is InChI=1S/C27H41NO/c1-4-5-6-7-8-9-10-11-12-13-16-24-17-14-15-18-27(24)23(2)28-25-19-21-26(29-3)22-20-25/h14-15,17-23,28H,4-13,16H2,1-3H3. The molecule has 1 N–H and O–H groups in total. The molecule has 2 heteroatoms. The molecule has 0 fully saturated rings. The first-order chi connectivity index (χ1) is 14.2. The highest BCUT2D eigenvalue weighted by Gasteiger charge is 2.10. The number of nitrogens with one attached hydrogen (secondary N) is 1. The fraction of sp³-hybridized carbons (Fsp3) is 0.556. The maximum atomic E-state index is 5.25. The normalized spacial score (nSPS) is 12.0. The summed E-state index contributed by atoms with van der Waals surface area (Å²) in [6, 6.07) is 17.4. The van der Waals surface area contributed by atoms with Crippen molar-refractivity contribution in [1.82, 2.24) is 0 Å². The molecule has 2 aromatic carbocycles. The minimum atomic E-state index is 0.294. The number of hydrogen-bond acceptors (Lipinski definition) is 2. The smallest absolute Gasteiger partial charge is 0.119 e. The van der Waals surface area contributed by atoms with E-state index in [1.54, 1.807) is 7.11 Å². The van der Waals surface area contributed by atoms with Crippen molar-refractivity contribution in [2.45, 2.75) is 90.5 Å². The van der Waals surface area contributed by atoms with Gasteiger partial charge in [-0.1, -0.05) is 89.0 Å². The summed E-state index contributed by atoms with van der Waals surface area (Å²) in [5, 5.41) is 3.63. The lowest BCUT2D eigenvalue weighted by atomic mass is 9.96. The van der Waals surface area contributed by atoms with E-state index >= 15 is 0 Å². The molecule has 1 unspecified atom stereocenters. The molecule has 0 heterocycles. The lowest BCUT2D eigenvalue weighted by molar-refractivity contribution is 0.415. The van der Waals surface area contributed by atoms with Crippen LogP contribution in [0.1, 0.15) is 95.2 Å². The number of methoxy groups -OCH3 is 1. The van der Waals surface area contributed by atoms with E-state index in [2.05, 4.69) is 55.6 Å². The lowest BCUT2D eigenvalue weighted by Crippen LogP contribution is -2.09. The van der Waals surface area contributed by atoms with Crippen molar-refractivity contribution < 1.29 is 4.74 Å². The molecule has 0 aromatic heterocycles. The number of aryl methyl sites for hydroxylation is 1. The summed E-state index contributed by atoms with van der Waals surface area (Å²) in [6.07, 6.45) is 15.1. The predicted molar refractivity (Wildman–Crippen MR) is 127 cm³/mol. The molecule has 0 bridgehead atoms. The maximum absolute atomic E-state index is 5.25. The van der Waals surface area contributed by atoms with Gasteiger partial charge in [0.15, 0.2) is 0 Å². The summed E-state index contributed by atoms with van der Waals surface area (Å²) >= 11 is 0. The van der Waals surface area contributed by atoms with E-state index in [1.807, 2.05) is 12.1 Å². The molecule has 29 heavy (non-hydrogen) atoms. The van der Waals surface area contributed by atoms with Crippen LogP contribution in [0.15, 0.2) is 48.5 Å². The summed E-state index contributed by atoms with van der Waals surface area (Å²) in [5.74, 6) is 0.893. The van der Waals surface area contributed by atoms with Gasteiger partial charge >= 0.3 is 0 Å². The average molecular weight is 396 g/mol. The third-order valence-electron chi connectivity index (χ3n) is 5.79. The van der Waals surface area contributed by atoms with Gasteiger partial charge in [0.05, 0.1) is 7.11 Å². The molecule has 2 nitrogen and oxygen atoms in total.